The van der Waals surface area contributed by atoms with E-state index in [2.05, 4.69) is 68.1 Å². The molecule has 0 aromatic carbocycles. The van der Waals surface area contributed by atoms with Crippen molar-refractivity contribution in [2.75, 3.05) is 0 Å². The summed E-state index contributed by atoms with van der Waals surface area (Å²) in [5.41, 5.74) is 0. The number of rotatable bonds is 9. The molecule has 0 fully saturated rings. The molecule has 0 N–H and O–H groups in total. The molecule has 0 rings (SSSR count). The second-order valence-corrected chi connectivity index (χ2v) is 5.70. The summed E-state index contributed by atoms with van der Waals surface area (Å²) in [6, 6.07) is 0. The Balaban J connectivity index is 0. The summed E-state index contributed by atoms with van der Waals surface area (Å²) in [5.74, 6) is 19.3. The van der Waals surface area contributed by atoms with Crippen LogP contribution in [0.2, 0.25) is 0 Å². The highest BCUT2D eigenvalue weighted by Gasteiger charge is 1.94. The van der Waals surface area contributed by atoms with Crippen LogP contribution in [-0.2, 0) is 0 Å². The molecule has 0 heterocycles. The van der Waals surface area contributed by atoms with Gasteiger partial charge in [0.1, 0.15) is 0 Å². The molecule has 0 aromatic rings. The predicted molar refractivity (Wildman–Crippen MR) is 103 cm³/mol. The molecule has 0 saturated carbocycles. The quantitative estimate of drug-likeness (QED) is 0.393. The van der Waals surface area contributed by atoms with Crippen LogP contribution < -0.4 is 0 Å². The summed E-state index contributed by atoms with van der Waals surface area (Å²) in [4.78, 5) is 0. The standard InChI is InChI=1S/C13H28.C10H2/c1-4-5-6-7-8-9-10-11-12-13(2)3;1-3-5-7-9-10-8-6-4-2/h13H,4-12H2,1-3H3;1-2H. The largest absolute Gasteiger partial charge is 0.106 e. The molecule has 0 atom stereocenters. The zero-order valence-corrected chi connectivity index (χ0v) is 15.1. The molecule has 0 radical (unpaired) electrons. The van der Waals surface area contributed by atoms with E-state index in [-0.39, 0.29) is 0 Å². The third-order valence-electron chi connectivity index (χ3n) is 3.09. The highest BCUT2D eigenvalue weighted by atomic mass is 14.0. The maximum absolute atomic E-state index is 4.81. The minimum Gasteiger partial charge on any atom is -0.106 e. The molecule has 0 heteroatoms. The van der Waals surface area contributed by atoms with Crippen molar-refractivity contribution in [3.05, 3.63) is 0 Å². The number of hydrogen-bond donors (Lipinski definition) is 0. The third-order valence-corrected chi connectivity index (χ3v) is 3.09. The predicted octanol–water partition coefficient (Wildman–Crippen LogP) is 5.44. The van der Waals surface area contributed by atoms with E-state index in [9.17, 15) is 0 Å². The second-order valence-electron chi connectivity index (χ2n) is 5.70. The minimum atomic E-state index is 0.903. The lowest BCUT2D eigenvalue weighted by Crippen LogP contribution is -1.87. The van der Waals surface area contributed by atoms with Gasteiger partial charge in [0.15, 0.2) is 0 Å². The van der Waals surface area contributed by atoms with Crippen LogP contribution in [-0.4, -0.2) is 0 Å². The third kappa shape index (κ3) is 28.6. The van der Waals surface area contributed by atoms with E-state index < -0.39 is 0 Å². The maximum atomic E-state index is 4.81. The van der Waals surface area contributed by atoms with E-state index >= 15 is 0 Å². The molecule has 0 spiro atoms. The fraction of sp³-hybridized carbons (Fsp3) is 0.565. The van der Waals surface area contributed by atoms with Gasteiger partial charge in [-0.05, 0) is 53.3 Å². The zero-order valence-electron chi connectivity index (χ0n) is 15.1. The normalized spacial score (nSPS) is 7.74. The summed E-state index contributed by atoms with van der Waals surface area (Å²) >= 11 is 0. The molecular formula is C23H30. The summed E-state index contributed by atoms with van der Waals surface area (Å²) in [5, 5.41) is 0. The zero-order chi connectivity index (χ0) is 17.6. The van der Waals surface area contributed by atoms with E-state index in [0.29, 0.717) is 0 Å². The lowest BCUT2D eigenvalue weighted by atomic mass is 10.0. The van der Waals surface area contributed by atoms with Gasteiger partial charge in [-0.25, -0.2) is 0 Å². The van der Waals surface area contributed by atoms with Crippen molar-refractivity contribution in [2.24, 2.45) is 5.92 Å². The first-order chi connectivity index (χ1) is 11.2. The van der Waals surface area contributed by atoms with E-state index in [1.807, 2.05) is 0 Å². The van der Waals surface area contributed by atoms with E-state index in [1.54, 1.807) is 0 Å². The van der Waals surface area contributed by atoms with Crippen LogP contribution in [0.15, 0.2) is 0 Å². The van der Waals surface area contributed by atoms with Crippen LogP contribution in [0.3, 0.4) is 0 Å². The summed E-state index contributed by atoms with van der Waals surface area (Å²) in [6.45, 7) is 6.92. The van der Waals surface area contributed by atoms with Gasteiger partial charge < -0.3 is 0 Å². The van der Waals surface area contributed by atoms with E-state index in [0.717, 1.165) is 5.92 Å². The first-order valence-electron chi connectivity index (χ1n) is 8.60. The lowest BCUT2D eigenvalue weighted by Gasteiger charge is -2.03. The van der Waals surface area contributed by atoms with Crippen LogP contribution in [0, 0.1) is 66.1 Å². The number of hydrogen-bond acceptors (Lipinski definition) is 0. The first kappa shape index (κ1) is 23.1. The van der Waals surface area contributed by atoms with Crippen molar-refractivity contribution < 1.29 is 0 Å². The summed E-state index contributed by atoms with van der Waals surface area (Å²) in [6.07, 6.45) is 22.6. The van der Waals surface area contributed by atoms with Gasteiger partial charge in [-0.15, -0.1) is 12.8 Å². The minimum absolute atomic E-state index is 0.903. The van der Waals surface area contributed by atoms with Crippen LogP contribution in [0.25, 0.3) is 0 Å². The van der Waals surface area contributed by atoms with Gasteiger partial charge in [0.25, 0.3) is 0 Å². The Labute approximate surface area is 145 Å². The Morgan fingerprint density at radius 3 is 1.39 bits per heavy atom. The van der Waals surface area contributed by atoms with Crippen molar-refractivity contribution in [3.63, 3.8) is 0 Å². The van der Waals surface area contributed by atoms with Crippen molar-refractivity contribution in [1.29, 1.82) is 0 Å². The molecule has 0 unspecified atom stereocenters. The molecule has 0 amide bonds. The van der Waals surface area contributed by atoms with Gasteiger partial charge in [-0.3, -0.25) is 0 Å². The fourth-order valence-corrected chi connectivity index (χ4v) is 1.88. The van der Waals surface area contributed by atoms with Gasteiger partial charge in [0.2, 0.25) is 0 Å². The Bertz CT molecular complexity index is 479. The smallest absolute Gasteiger partial charge is 0.000000673 e. The molecule has 0 saturated heterocycles. The van der Waals surface area contributed by atoms with Gasteiger partial charge in [0.05, 0.1) is 0 Å². The number of terminal acetylenes is 2. The molecule has 0 aliphatic heterocycles. The van der Waals surface area contributed by atoms with Crippen molar-refractivity contribution in [2.45, 2.75) is 78.6 Å². The molecule has 122 valence electrons. The van der Waals surface area contributed by atoms with Gasteiger partial charge in [0, 0.05) is 0 Å². The van der Waals surface area contributed by atoms with E-state index in [1.165, 1.54) is 57.8 Å². The fourth-order valence-electron chi connectivity index (χ4n) is 1.88. The monoisotopic (exact) mass is 306 g/mol. The van der Waals surface area contributed by atoms with Gasteiger partial charge >= 0.3 is 0 Å². The Morgan fingerprint density at radius 2 is 1.00 bits per heavy atom. The average Bonchev–Trinajstić information content (AvgIpc) is 2.54. The van der Waals surface area contributed by atoms with Crippen LogP contribution in [0.4, 0.5) is 0 Å². The molecular weight excluding hydrogens is 276 g/mol. The SMILES string of the molecule is C#CC#CC#CC#CC#C.CCCCCCCCCCC(C)C. The number of unbranched alkanes of at least 4 members (excludes halogenated alkanes) is 7. The van der Waals surface area contributed by atoms with Crippen LogP contribution in [0.1, 0.15) is 78.6 Å². The lowest BCUT2D eigenvalue weighted by molar-refractivity contribution is 0.508. The second kappa shape index (κ2) is 22.1. The Morgan fingerprint density at radius 1 is 0.609 bits per heavy atom. The Kier molecular flexibility index (Phi) is 22.2. The van der Waals surface area contributed by atoms with E-state index in [4.69, 9.17) is 12.8 Å². The molecule has 0 aliphatic rings. The van der Waals surface area contributed by atoms with Gasteiger partial charge in [-0.1, -0.05) is 78.6 Å². The Hall–Kier alpha value is -2.20. The van der Waals surface area contributed by atoms with Crippen molar-refractivity contribution in [1.82, 2.24) is 0 Å². The summed E-state index contributed by atoms with van der Waals surface area (Å²) < 4.78 is 0. The molecule has 23 heavy (non-hydrogen) atoms. The summed E-state index contributed by atoms with van der Waals surface area (Å²) in [7, 11) is 0. The molecule has 0 aromatic heterocycles. The molecule has 0 aliphatic carbocycles. The average molecular weight is 306 g/mol. The van der Waals surface area contributed by atoms with Crippen molar-refractivity contribution in [3.8, 4) is 60.2 Å². The van der Waals surface area contributed by atoms with Gasteiger partial charge in [-0.2, -0.15) is 0 Å². The van der Waals surface area contributed by atoms with Crippen LogP contribution in [0.5, 0.6) is 0 Å². The molecule has 0 nitrogen and oxygen atoms in total. The van der Waals surface area contributed by atoms with Crippen molar-refractivity contribution >= 4 is 0 Å². The molecule has 0 bridgehead atoms. The topological polar surface area (TPSA) is 0 Å². The van der Waals surface area contributed by atoms with Crippen LogP contribution >= 0.6 is 0 Å². The first-order valence-corrected chi connectivity index (χ1v) is 8.60. The maximum Gasteiger partial charge on any atom is -0.000000673 e. The highest BCUT2D eigenvalue weighted by Crippen LogP contribution is 2.12. The highest BCUT2D eigenvalue weighted by molar-refractivity contribution is 5.41.